The second-order valence-electron chi connectivity index (χ2n) is 8.91. The van der Waals surface area contributed by atoms with Gasteiger partial charge in [0.05, 0.1) is 45.1 Å². The summed E-state index contributed by atoms with van der Waals surface area (Å²) in [5, 5.41) is 9.52. The Kier molecular flexibility index (Phi) is 6.30. The highest BCUT2D eigenvalue weighted by Crippen LogP contribution is 2.37. The summed E-state index contributed by atoms with van der Waals surface area (Å²) in [6, 6.07) is 0.153. The molecule has 0 saturated carbocycles. The summed E-state index contributed by atoms with van der Waals surface area (Å²) >= 11 is 0. The third-order valence-corrected chi connectivity index (χ3v) is 7.09. The predicted octanol–water partition coefficient (Wildman–Crippen LogP) is 1.54. The van der Waals surface area contributed by atoms with E-state index >= 15 is 0 Å². The Balaban J connectivity index is 1.33. The molecule has 4 saturated heterocycles. The lowest BCUT2D eigenvalue weighted by molar-refractivity contribution is -0.0888. The number of hydrogen-bond donors (Lipinski definition) is 1. The molecule has 0 aromatic rings. The van der Waals surface area contributed by atoms with Crippen LogP contribution in [0.25, 0.3) is 0 Å². The molecule has 9 heteroatoms. The number of halogens is 2. The molecule has 0 spiro atoms. The van der Waals surface area contributed by atoms with E-state index in [1.165, 1.54) is 0 Å². The molecule has 3 atom stereocenters. The number of likely N-dealkylation sites (tertiary alicyclic amines) is 2. The first-order valence-electron chi connectivity index (χ1n) is 10.9. The Morgan fingerprint density at radius 1 is 1.14 bits per heavy atom. The maximum absolute atomic E-state index is 13.8. The van der Waals surface area contributed by atoms with Gasteiger partial charge in [-0.05, 0) is 45.7 Å². The largest absolute Gasteiger partial charge is 0.450 e. The van der Waals surface area contributed by atoms with Crippen molar-refractivity contribution in [1.82, 2.24) is 14.7 Å². The minimum atomic E-state index is -2.69. The number of aliphatic hydroxyl groups excluding tert-OH is 1. The summed E-state index contributed by atoms with van der Waals surface area (Å²) in [7, 11) is 0. The van der Waals surface area contributed by atoms with Gasteiger partial charge >= 0.3 is 6.09 Å². The molecule has 0 radical (unpaired) electrons. The van der Waals surface area contributed by atoms with Crippen LogP contribution in [0.1, 0.15) is 39.0 Å². The zero-order valence-electron chi connectivity index (χ0n) is 17.1. The number of piperidine rings is 2. The minimum Gasteiger partial charge on any atom is -0.450 e. The molecule has 0 aromatic heterocycles. The molecule has 4 aliphatic heterocycles. The first kappa shape index (κ1) is 21.2. The normalized spacial score (nSPS) is 36.3. The van der Waals surface area contributed by atoms with Crippen LogP contribution >= 0.6 is 0 Å². The average molecular weight is 417 g/mol. The number of carbonyl (C=O) groups is 1. The third-order valence-electron chi connectivity index (χ3n) is 7.09. The monoisotopic (exact) mass is 417 g/mol. The molecular weight excluding hydrogens is 384 g/mol. The number of aliphatic hydroxyl groups is 1. The molecule has 0 aromatic carbocycles. The van der Waals surface area contributed by atoms with E-state index in [-0.39, 0.29) is 43.8 Å². The number of carbonyl (C=O) groups excluding carboxylic acids is 1. The number of fused-ring (bicyclic) bond motifs is 2. The summed E-state index contributed by atoms with van der Waals surface area (Å²) in [6.45, 7) is 4.58. The van der Waals surface area contributed by atoms with Gasteiger partial charge in [-0.15, -0.1) is 0 Å². The number of morpholine rings is 1. The Hall–Kier alpha value is -1.03. The van der Waals surface area contributed by atoms with Crippen molar-refractivity contribution in [2.24, 2.45) is 0 Å². The Morgan fingerprint density at radius 2 is 1.79 bits per heavy atom. The molecule has 4 rings (SSSR count). The molecule has 4 heterocycles. The molecular formula is C20H33F2N3O4. The Labute approximate surface area is 170 Å². The number of amides is 1. The zero-order chi connectivity index (χ0) is 20.6. The van der Waals surface area contributed by atoms with Gasteiger partial charge in [0.2, 0.25) is 0 Å². The molecule has 29 heavy (non-hydrogen) atoms. The van der Waals surface area contributed by atoms with E-state index in [1.807, 2.05) is 16.7 Å². The Morgan fingerprint density at radius 3 is 2.38 bits per heavy atom. The van der Waals surface area contributed by atoms with Gasteiger partial charge in [-0.25, -0.2) is 13.6 Å². The van der Waals surface area contributed by atoms with Crippen LogP contribution in [0.3, 0.4) is 0 Å². The summed E-state index contributed by atoms with van der Waals surface area (Å²) < 4.78 is 38.6. The quantitative estimate of drug-likeness (QED) is 0.749. The summed E-state index contributed by atoms with van der Waals surface area (Å²) in [5.74, 6) is -2.69. The van der Waals surface area contributed by atoms with Crippen molar-refractivity contribution in [3.8, 4) is 0 Å². The van der Waals surface area contributed by atoms with Crippen LogP contribution in [-0.2, 0) is 9.47 Å². The summed E-state index contributed by atoms with van der Waals surface area (Å²) in [5.41, 5.74) is 0. The van der Waals surface area contributed by atoms with Gasteiger partial charge in [0, 0.05) is 24.5 Å². The molecule has 1 amide bonds. The second-order valence-corrected chi connectivity index (χ2v) is 8.91. The van der Waals surface area contributed by atoms with Crippen molar-refractivity contribution in [1.29, 1.82) is 0 Å². The highest BCUT2D eigenvalue weighted by atomic mass is 19.3. The predicted molar refractivity (Wildman–Crippen MR) is 102 cm³/mol. The number of ether oxygens (including phenoxy) is 2. The van der Waals surface area contributed by atoms with Crippen molar-refractivity contribution < 1.29 is 28.2 Å². The molecule has 0 aliphatic carbocycles. The topological polar surface area (TPSA) is 65.5 Å². The van der Waals surface area contributed by atoms with Crippen LogP contribution in [-0.4, -0.2) is 108 Å². The lowest BCUT2D eigenvalue weighted by atomic mass is 9.88. The fourth-order valence-corrected chi connectivity index (χ4v) is 5.78. The standard InChI is InChI=1S/C20H33F2N3O4/c1-2-29-19(27)25-16-7-15(8-17(25)12-28-11-16)23-5-3-14(4-6-23)24-13-20(21,22)9-18(24)10-26/h14-18,26H,2-13H2,1H3/t15?,16?,17?,18-/m1/s1. The fraction of sp³-hybridized carbons (Fsp3) is 0.950. The first-order valence-corrected chi connectivity index (χ1v) is 10.9. The minimum absolute atomic E-state index is 0.0420. The van der Waals surface area contributed by atoms with Crippen LogP contribution in [0, 0.1) is 0 Å². The molecule has 2 bridgehead atoms. The van der Waals surface area contributed by atoms with Gasteiger partial charge < -0.3 is 19.5 Å². The Bertz CT molecular complexity index is 574. The van der Waals surface area contributed by atoms with E-state index in [0.29, 0.717) is 25.9 Å². The zero-order valence-corrected chi connectivity index (χ0v) is 17.1. The second kappa shape index (κ2) is 8.61. The average Bonchev–Trinajstić information content (AvgIpc) is 3.02. The van der Waals surface area contributed by atoms with E-state index in [1.54, 1.807) is 0 Å². The van der Waals surface area contributed by atoms with Crippen LogP contribution in [0.5, 0.6) is 0 Å². The van der Waals surface area contributed by atoms with Crippen molar-refractivity contribution >= 4 is 6.09 Å². The SMILES string of the molecule is CCOC(=O)N1C2COCC1CC(N1CCC(N3CC(F)(F)C[C@@H]3CO)CC1)C2. The van der Waals surface area contributed by atoms with Gasteiger partial charge in [0.15, 0.2) is 0 Å². The van der Waals surface area contributed by atoms with Crippen LogP contribution in [0.2, 0.25) is 0 Å². The van der Waals surface area contributed by atoms with E-state index in [9.17, 15) is 18.7 Å². The van der Waals surface area contributed by atoms with Crippen LogP contribution in [0.4, 0.5) is 13.6 Å². The van der Waals surface area contributed by atoms with Crippen LogP contribution in [0.15, 0.2) is 0 Å². The molecule has 2 unspecified atom stereocenters. The number of rotatable bonds is 4. The van der Waals surface area contributed by atoms with Crippen molar-refractivity contribution in [3.05, 3.63) is 0 Å². The van der Waals surface area contributed by atoms with Gasteiger partial charge in [-0.1, -0.05) is 0 Å². The molecule has 166 valence electrons. The van der Waals surface area contributed by atoms with Gasteiger partial charge in [0.25, 0.3) is 5.92 Å². The fourth-order valence-electron chi connectivity index (χ4n) is 5.78. The highest BCUT2D eigenvalue weighted by molar-refractivity contribution is 5.69. The highest BCUT2D eigenvalue weighted by Gasteiger charge is 2.48. The number of hydrogen-bond acceptors (Lipinski definition) is 6. The van der Waals surface area contributed by atoms with Crippen molar-refractivity contribution in [3.63, 3.8) is 0 Å². The van der Waals surface area contributed by atoms with Gasteiger partial charge in [-0.3, -0.25) is 9.80 Å². The maximum Gasteiger partial charge on any atom is 0.410 e. The summed E-state index contributed by atoms with van der Waals surface area (Å²) in [6.07, 6.45) is 2.93. The number of alkyl halides is 2. The lowest BCUT2D eigenvalue weighted by Gasteiger charge is -2.51. The van der Waals surface area contributed by atoms with E-state index in [2.05, 4.69) is 4.90 Å². The molecule has 4 aliphatic rings. The van der Waals surface area contributed by atoms with E-state index in [4.69, 9.17) is 9.47 Å². The lowest BCUT2D eigenvalue weighted by Crippen LogP contribution is -2.63. The van der Waals surface area contributed by atoms with Crippen molar-refractivity contribution in [2.45, 2.75) is 75.2 Å². The van der Waals surface area contributed by atoms with Gasteiger partial charge in [0.1, 0.15) is 0 Å². The van der Waals surface area contributed by atoms with E-state index in [0.717, 1.165) is 38.8 Å². The number of nitrogens with zero attached hydrogens (tertiary/aromatic N) is 3. The summed E-state index contributed by atoms with van der Waals surface area (Å²) in [4.78, 5) is 18.5. The molecule has 7 nitrogen and oxygen atoms in total. The van der Waals surface area contributed by atoms with Gasteiger partial charge in [-0.2, -0.15) is 0 Å². The van der Waals surface area contributed by atoms with Crippen molar-refractivity contribution in [2.75, 3.05) is 46.1 Å². The third kappa shape index (κ3) is 4.38. The molecule has 4 fully saturated rings. The maximum atomic E-state index is 13.8. The van der Waals surface area contributed by atoms with E-state index < -0.39 is 12.0 Å². The smallest absolute Gasteiger partial charge is 0.410 e. The first-order chi connectivity index (χ1) is 13.9. The van der Waals surface area contributed by atoms with Crippen LogP contribution < -0.4 is 0 Å². The molecule has 1 N–H and O–H groups in total.